The summed E-state index contributed by atoms with van der Waals surface area (Å²) in [6.07, 6.45) is 0. The maximum Gasteiger partial charge on any atom is 0.0400 e. The fourth-order valence-corrected chi connectivity index (χ4v) is 3.29. The SMILES string of the molecule is Cc1cc(Br)cc(C)c1NCCN1CCN(C)CC1. The second kappa shape index (κ2) is 6.73. The van der Waals surface area contributed by atoms with Crippen LogP contribution in [0.4, 0.5) is 5.69 Å². The molecule has 1 aromatic carbocycles. The number of likely N-dealkylation sites (N-methyl/N-ethyl adjacent to an activating group) is 1. The van der Waals surface area contributed by atoms with Crippen molar-refractivity contribution in [2.24, 2.45) is 0 Å². The van der Waals surface area contributed by atoms with Gasteiger partial charge in [0.1, 0.15) is 0 Å². The van der Waals surface area contributed by atoms with Gasteiger partial charge >= 0.3 is 0 Å². The Morgan fingerprint density at radius 1 is 1.11 bits per heavy atom. The predicted octanol–water partition coefficient (Wildman–Crippen LogP) is 2.73. The number of benzene rings is 1. The van der Waals surface area contributed by atoms with Crippen molar-refractivity contribution in [1.82, 2.24) is 9.80 Å². The van der Waals surface area contributed by atoms with Gasteiger partial charge in [-0.2, -0.15) is 0 Å². The molecule has 19 heavy (non-hydrogen) atoms. The van der Waals surface area contributed by atoms with Gasteiger partial charge in [-0.05, 0) is 44.2 Å². The van der Waals surface area contributed by atoms with Crippen LogP contribution in [0.2, 0.25) is 0 Å². The van der Waals surface area contributed by atoms with Gasteiger partial charge in [0.25, 0.3) is 0 Å². The van der Waals surface area contributed by atoms with E-state index in [-0.39, 0.29) is 0 Å². The normalized spacial score (nSPS) is 17.7. The Kier molecular flexibility index (Phi) is 5.25. The molecule has 106 valence electrons. The summed E-state index contributed by atoms with van der Waals surface area (Å²) in [4.78, 5) is 4.93. The molecule has 0 aliphatic carbocycles. The second-order valence-corrected chi connectivity index (χ2v) is 6.40. The highest BCUT2D eigenvalue weighted by molar-refractivity contribution is 9.10. The minimum atomic E-state index is 1.02. The Balaban J connectivity index is 1.83. The van der Waals surface area contributed by atoms with E-state index in [1.807, 2.05) is 0 Å². The maximum absolute atomic E-state index is 3.59. The minimum absolute atomic E-state index is 1.02. The fourth-order valence-electron chi connectivity index (χ4n) is 2.60. The molecule has 0 atom stereocenters. The molecule has 1 aliphatic heterocycles. The minimum Gasteiger partial charge on any atom is -0.383 e. The van der Waals surface area contributed by atoms with E-state index < -0.39 is 0 Å². The van der Waals surface area contributed by atoms with E-state index in [4.69, 9.17) is 0 Å². The Bertz CT molecular complexity index is 402. The van der Waals surface area contributed by atoms with Crippen LogP contribution >= 0.6 is 15.9 Å². The van der Waals surface area contributed by atoms with E-state index in [2.05, 4.69) is 64.1 Å². The van der Waals surface area contributed by atoms with Crippen molar-refractivity contribution in [2.45, 2.75) is 13.8 Å². The Labute approximate surface area is 125 Å². The summed E-state index contributed by atoms with van der Waals surface area (Å²) in [6.45, 7) is 11.2. The van der Waals surface area contributed by atoms with E-state index in [1.54, 1.807) is 0 Å². The molecule has 1 heterocycles. The first-order valence-corrected chi connectivity index (χ1v) is 7.77. The molecule has 1 fully saturated rings. The lowest BCUT2D eigenvalue weighted by molar-refractivity contribution is 0.158. The molecule has 3 nitrogen and oxygen atoms in total. The highest BCUT2D eigenvalue weighted by atomic mass is 79.9. The van der Waals surface area contributed by atoms with Crippen molar-refractivity contribution in [1.29, 1.82) is 0 Å². The van der Waals surface area contributed by atoms with Gasteiger partial charge in [0.15, 0.2) is 0 Å². The predicted molar refractivity (Wildman–Crippen MR) is 86.0 cm³/mol. The molecule has 0 radical (unpaired) electrons. The second-order valence-electron chi connectivity index (χ2n) is 5.49. The summed E-state index contributed by atoms with van der Waals surface area (Å²) in [5.74, 6) is 0. The van der Waals surface area contributed by atoms with Crippen molar-refractivity contribution in [3.63, 3.8) is 0 Å². The number of piperazine rings is 1. The number of rotatable bonds is 4. The lowest BCUT2D eigenvalue weighted by Gasteiger charge is -2.32. The summed E-state index contributed by atoms with van der Waals surface area (Å²) in [6, 6.07) is 4.34. The number of anilines is 1. The van der Waals surface area contributed by atoms with Crippen molar-refractivity contribution >= 4 is 21.6 Å². The third-order valence-corrected chi connectivity index (χ3v) is 4.28. The average Bonchev–Trinajstić information content (AvgIpc) is 2.34. The largest absolute Gasteiger partial charge is 0.383 e. The standard InChI is InChI=1S/C15H24BrN3/c1-12-10-14(16)11-13(2)15(12)17-4-5-19-8-6-18(3)7-9-19/h10-11,17H,4-9H2,1-3H3. The van der Waals surface area contributed by atoms with Crippen molar-refractivity contribution in [3.05, 3.63) is 27.7 Å². The summed E-state index contributed by atoms with van der Waals surface area (Å²) in [7, 11) is 2.20. The summed E-state index contributed by atoms with van der Waals surface area (Å²) in [5, 5.41) is 3.59. The third-order valence-electron chi connectivity index (χ3n) is 3.82. The summed E-state index contributed by atoms with van der Waals surface area (Å²) >= 11 is 3.54. The molecule has 0 aromatic heterocycles. The van der Waals surface area contributed by atoms with Gasteiger partial charge < -0.3 is 10.2 Å². The van der Waals surface area contributed by atoms with Gasteiger partial charge in [0, 0.05) is 49.4 Å². The zero-order chi connectivity index (χ0) is 13.8. The number of hydrogen-bond acceptors (Lipinski definition) is 3. The van der Waals surface area contributed by atoms with Gasteiger partial charge in [-0.3, -0.25) is 4.90 Å². The van der Waals surface area contributed by atoms with E-state index in [1.165, 1.54) is 43.0 Å². The van der Waals surface area contributed by atoms with Crippen molar-refractivity contribution < 1.29 is 0 Å². The van der Waals surface area contributed by atoms with E-state index in [0.29, 0.717) is 0 Å². The number of nitrogens with one attached hydrogen (secondary N) is 1. The lowest BCUT2D eigenvalue weighted by Crippen LogP contribution is -2.45. The monoisotopic (exact) mass is 325 g/mol. The molecule has 1 N–H and O–H groups in total. The molecule has 4 heteroatoms. The Hall–Kier alpha value is -0.580. The van der Waals surface area contributed by atoms with Gasteiger partial charge in [0.05, 0.1) is 0 Å². The van der Waals surface area contributed by atoms with E-state index in [9.17, 15) is 0 Å². The quantitative estimate of drug-likeness (QED) is 0.918. The zero-order valence-electron chi connectivity index (χ0n) is 12.2. The van der Waals surface area contributed by atoms with E-state index in [0.717, 1.165) is 17.6 Å². The van der Waals surface area contributed by atoms with Gasteiger partial charge in [-0.25, -0.2) is 0 Å². The first-order chi connectivity index (χ1) is 9.06. The van der Waals surface area contributed by atoms with Crippen LogP contribution in [0, 0.1) is 13.8 Å². The molecule has 1 aliphatic rings. The van der Waals surface area contributed by atoms with Gasteiger partial charge in [-0.1, -0.05) is 15.9 Å². The van der Waals surface area contributed by atoms with Crippen LogP contribution in [0.15, 0.2) is 16.6 Å². The summed E-state index contributed by atoms with van der Waals surface area (Å²) in [5.41, 5.74) is 3.91. The summed E-state index contributed by atoms with van der Waals surface area (Å²) < 4.78 is 1.16. The Morgan fingerprint density at radius 2 is 1.68 bits per heavy atom. The first kappa shape index (κ1) is 14.8. The molecule has 1 saturated heterocycles. The highest BCUT2D eigenvalue weighted by Crippen LogP contribution is 2.24. The fraction of sp³-hybridized carbons (Fsp3) is 0.600. The van der Waals surface area contributed by atoms with Crippen molar-refractivity contribution in [2.75, 3.05) is 51.6 Å². The zero-order valence-corrected chi connectivity index (χ0v) is 13.8. The molecule has 0 saturated carbocycles. The molecule has 0 spiro atoms. The maximum atomic E-state index is 3.59. The molecular formula is C15H24BrN3. The van der Waals surface area contributed by atoms with E-state index >= 15 is 0 Å². The topological polar surface area (TPSA) is 18.5 Å². The lowest BCUT2D eigenvalue weighted by atomic mass is 10.1. The first-order valence-electron chi connectivity index (χ1n) is 6.98. The Morgan fingerprint density at radius 3 is 2.26 bits per heavy atom. The molecule has 0 bridgehead atoms. The number of hydrogen-bond donors (Lipinski definition) is 1. The van der Waals surface area contributed by atoms with Crippen LogP contribution in [0.5, 0.6) is 0 Å². The number of halogens is 1. The molecule has 2 rings (SSSR count). The van der Waals surface area contributed by atoms with Crippen LogP contribution in [0.25, 0.3) is 0 Å². The highest BCUT2D eigenvalue weighted by Gasteiger charge is 2.13. The molecule has 0 amide bonds. The smallest absolute Gasteiger partial charge is 0.0400 e. The van der Waals surface area contributed by atoms with Crippen LogP contribution in [-0.2, 0) is 0 Å². The van der Waals surface area contributed by atoms with Gasteiger partial charge in [-0.15, -0.1) is 0 Å². The number of aryl methyl sites for hydroxylation is 2. The van der Waals surface area contributed by atoms with Crippen LogP contribution < -0.4 is 5.32 Å². The molecule has 0 unspecified atom stereocenters. The number of nitrogens with zero attached hydrogens (tertiary/aromatic N) is 2. The molecular weight excluding hydrogens is 302 g/mol. The van der Waals surface area contributed by atoms with Crippen LogP contribution in [0.1, 0.15) is 11.1 Å². The third kappa shape index (κ3) is 4.20. The van der Waals surface area contributed by atoms with Gasteiger partial charge in [0.2, 0.25) is 0 Å². The van der Waals surface area contributed by atoms with Crippen LogP contribution in [0.3, 0.4) is 0 Å². The van der Waals surface area contributed by atoms with Crippen molar-refractivity contribution in [3.8, 4) is 0 Å². The molecule has 1 aromatic rings. The average molecular weight is 326 g/mol. The van der Waals surface area contributed by atoms with Crippen LogP contribution in [-0.4, -0.2) is 56.1 Å².